The summed E-state index contributed by atoms with van der Waals surface area (Å²) in [5.74, 6) is -0.908. The second-order valence-electron chi connectivity index (χ2n) is 8.15. The van der Waals surface area contributed by atoms with E-state index in [1.165, 1.54) is 46.2 Å². The van der Waals surface area contributed by atoms with Gasteiger partial charge in [-0.25, -0.2) is 8.78 Å². The maximum absolute atomic E-state index is 13.6. The van der Waals surface area contributed by atoms with E-state index >= 15 is 0 Å². The summed E-state index contributed by atoms with van der Waals surface area (Å²) < 4.78 is 32.7. The Bertz CT molecular complexity index is 1150. The molecule has 178 valence electrons. The average Bonchev–Trinajstić information content (AvgIpc) is 3.31. The van der Waals surface area contributed by atoms with Crippen LogP contribution < -0.4 is 4.74 Å². The predicted octanol–water partition coefficient (Wildman–Crippen LogP) is 5.08. The van der Waals surface area contributed by atoms with E-state index in [1.807, 2.05) is 18.4 Å². The summed E-state index contributed by atoms with van der Waals surface area (Å²) in [7, 11) is 0. The highest BCUT2D eigenvalue weighted by Gasteiger charge is 2.33. The maximum Gasteiger partial charge on any atom is 0.254 e. The second-order valence-corrected chi connectivity index (χ2v) is 9.15. The lowest BCUT2D eigenvalue weighted by Crippen LogP contribution is -2.48. The number of fused-ring (bicyclic) bond motifs is 1. The highest BCUT2D eigenvalue weighted by atomic mass is 32.1. The first-order chi connectivity index (χ1) is 16.5. The highest BCUT2D eigenvalue weighted by molar-refractivity contribution is 7.10. The quantitative estimate of drug-likeness (QED) is 0.448. The number of thiophene rings is 1. The van der Waals surface area contributed by atoms with Gasteiger partial charge in [0.1, 0.15) is 30.5 Å². The number of amides is 2. The van der Waals surface area contributed by atoms with Crippen molar-refractivity contribution in [2.24, 2.45) is 0 Å². The molecule has 1 aliphatic heterocycles. The van der Waals surface area contributed by atoms with Crippen LogP contribution in [0.5, 0.6) is 5.75 Å². The Morgan fingerprint density at radius 2 is 1.91 bits per heavy atom. The monoisotopic (exact) mass is 484 g/mol. The molecule has 8 heteroatoms. The number of ether oxygens (including phenoxy) is 1. The fourth-order valence-electron chi connectivity index (χ4n) is 4.16. The van der Waals surface area contributed by atoms with Crippen molar-refractivity contribution in [1.29, 1.82) is 0 Å². The van der Waals surface area contributed by atoms with Crippen LogP contribution in [0.3, 0.4) is 0 Å². The molecule has 0 spiro atoms. The molecule has 34 heavy (non-hydrogen) atoms. The average molecular weight is 485 g/mol. The van der Waals surface area contributed by atoms with Crippen molar-refractivity contribution >= 4 is 23.2 Å². The van der Waals surface area contributed by atoms with Gasteiger partial charge < -0.3 is 14.5 Å². The summed E-state index contributed by atoms with van der Waals surface area (Å²) >= 11 is 1.64. The molecule has 0 saturated heterocycles. The van der Waals surface area contributed by atoms with Crippen LogP contribution in [0.1, 0.15) is 40.2 Å². The summed E-state index contributed by atoms with van der Waals surface area (Å²) in [5.41, 5.74) is 1.36. The maximum atomic E-state index is 13.6. The zero-order valence-electron chi connectivity index (χ0n) is 18.9. The molecule has 0 aliphatic carbocycles. The van der Waals surface area contributed by atoms with Crippen LogP contribution in [-0.4, -0.2) is 47.9 Å². The summed E-state index contributed by atoms with van der Waals surface area (Å²) in [6.07, 6.45) is 1.41. The van der Waals surface area contributed by atoms with Crippen molar-refractivity contribution in [1.82, 2.24) is 9.80 Å². The van der Waals surface area contributed by atoms with E-state index in [2.05, 4.69) is 0 Å². The van der Waals surface area contributed by atoms with Crippen LogP contribution in [0.25, 0.3) is 0 Å². The van der Waals surface area contributed by atoms with Crippen molar-refractivity contribution < 1.29 is 23.1 Å². The van der Waals surface area contributed by atoms with Crippen molar-refractivity contribution in [3.8, 4) is 5.75 Å². The molecule has 5 nitrogen and oxygen atoms in total. The lowest BCUT2D eigenvalue weighted by molar-refractivity contribution is -0.135. The lowest BCUT2D eigenvalue weighted by Gasteiger charge is -2.37. The van der Waals surface area contributed by atoms with Gasteiger partial charge in [-0.3, -0.25) is 9.59 Å². The van der Waals surface area contributed by atoms with Gasteiger partial charge in [-0.05, 0) is 66.2 Å². The third-order valence-electron chi connectivity index (χ3n) is 5.82. The summed E-state index contributed by atoms with van der Waals surface area (Å²) in [6.45, 7) is 2.94. The van der Waals surface area contributed by atoms with Crippen molar-refractivity contribution in [2.75, 3.05) is 26.2 Å². The van der Waals surface area contributed by atoms with E-state index in [0.29, 0.717) is 30.8 Å². The molecule has 1 aliphatic rings. The Balaban J connectivity index is 1.51. The topological polar surface area (TPSA) is 49.9 Å². The minimum atomic E-state index is -0.421. The molecule has 0 radical (unpaired) electrons. The first-order valence-corrected chi connectivity index (χ1v) is 12.1. The Hall–Kier alpha value is -3.26. The Morgan fingerprint density at radius 1 is 1.12 bits per heavy atom. The van der Waals surface area contributed by atoms with Gasteiger partial charge >= 0.3 is 0 Å². The smallest absolute Gasteiger partial charge is 0.254 e. The Morgan fingerprint density at radius 3 is 2.65 bits per heavy atom. The third kappa shape index (κ3) is 5.44. The number of rotatable bonds is 8. The summed E-state index contributed by atoms with van der Waals surface area (Å²) in [4.78, 5) is 30.9. The summed E-state index contributed by atoms with van der Waals surface area (Å²) in [5, 5.41) is 2.00. The Labute approximate surface area is 201 Å². The molecule has 3 aromatic rings. The van der Waals surface area contributed by atoms with E-state index in [4.69, 9.17) is 4.74 Å². The Kier molecular flexibility index (Phi) is 7.57. The number of carbonyl (C=O) groups excluding carboxylic acids is 2. The van der Waals surface area contributed by atoms with E-state index in [1.54, 1.807) is 28.4 Å². The molecule has 2 aromatic carbocycles. The molecule has 2 heterocycles. The number of hydrogen-bond donors (Lipinski definition) is 0. The minimum Gasteiger partial charge on any atom is -0.491 e. The van der Waals surface area contributed by atoms with Crippen molar-refractivity contribution in [3.63, 3.8) is 0 Å². The molecular weight excluding hydrogens is 458 g/mol. The minimum absolute atomic E-state index is 0.0833. The van der Waals surface area contributed by atoms with E-state index in [0.717, 1.165) is 12.0 Å². The van der Waals surface area contributed by atoms with E-state index in [9.17, 15) is 18.4 Å². The lowest BCUT2D eigenvalue weighted by atomic mass is 10.0. The summed E-state index contributed by atoms with van der Waals surface area (Å²) in [6, 6.07) is 12.9. The number of nitrogens with zero attached hydrogens (tertiary/aromatic N) is 2. The normalized spacial score (nSPS) is 15.0. The standard InChI is InChI=1S/C26H26F2N2O3S/c1-2-12-29(26(32)18-6-8-19(27)9-7-18)16-25(31)30-13-10-24-22(11-14-34-24)23(30)17-33-21-5-3-4-20(28)15-21/h3-9,11,14-15,23H,2,10,12-13,16-17H2,1H3. The number of halogens is 2. The molecule has 0 saturated carbocycles. The predicted molar refractivity (Wildman–Crippen MR) is 127 cm³/mol. The van der Waals surface area contributed by atoms with Crippen LogP contribution in [0.2, 0.25) is 0 Å². The molecule has 0 bridgehead atoms. The van der Waals surface area contributed by atoms with Gasteiger partial charge in [-0.15, -0.1) is 11.3 Å². The zero-order chi connectivity index (χ0) is 24.1. The highest BCUT2D eigenvalue weighted by Crippen LogP contribution is 2.34. The molecule has 1 aromatic heterocycles. The first-order valence-electron chi connectivity index (χ1n) is 11.2. The zero-order valence-corrected chi connectivity index (χ0v) is 19.7. The van der Waals surface area contributed by atoms with Crippen LogP contribution >= 0.6 is 11.3 Å². The fraction of sp³-hybridized carbons (Fsp3) is 0.308. The van der Waals surface area contributed by atoms with Crippen LogP contribution in [-0.2, 0) is 11.2 Å². The number of benzene rings is 2. The van der Waals surface area contributed by atoms with Crippen molar-refractivity contribution in [2.45, 2.75) is 25.8 Å². The van der Waals surface area contributed by atoms with Crippen molar-refractivity contribution in [3.05, 3.63) is 87.6 Å². The SMILES string of the molecule is CCCN(CC(=O)N1CCc2sccc2C1COc1cccc(F)c1)C(=O)c1ccc(F)cc1. The second kappa shape index (κ2) is 10.8. The van der Waals surface area contributed by atoms with Gasteiger partial charge in [0.15, 0.2) is 0 Å². The molecular formula is C26H26F2N2O3S. The van der Waals surface area contributed by atoms with Crippen LogP contribution in [0, 0.1) is 11.6 Å². The van der Waals surface area contributed by atoms with E-state index in [-0.39, 0.29) is 36.8 Å². The first kappa shape index (κ1) is 23.9. The fourth-order valence-corrected chi connectivity index (χ4v) is 5.09. The molecule has 1 atom stereocenters. The van der Waals surface area contributed by atoms with Gasteiger partial charge in [-0.1, -0.05) is 13.0 Å². The van der Waals surface area contributed by atoms with Crippen LogP contribution in [0.4, 0.5) is 8.78 Å². The molecule has 0 fully saturated rings. The van der Waals surface area contributed by atoms with Gasteiger partial charge in [0.05, 0.1) is 6.04 Å². The molecule has 1 unspecified atom stereocenters. The molecule has 4 rings (SSSR count). The number of hydrogen-bond acceptors (Lipinski definition) is 4. The van der Waals surface area contributed by atoms with Gasteiger partial charge in [0.2, 0.25) is 5.91 Å². The largest absolute Gasteiger partial charge is 0.491 e. The van der Waals surface area contributed by atoms with Crippen LogP contribution in [0.15, 0.2) is 60.0 Å². The van der Waals surface area contributed by atoms with Gasteiger partial charge in [-0.2, -0.15) is 0 Å². The molecule has 2 amide bonds. The van der Waals surface area contributed by atoms with Gasteiger partial charge in [0.25, 0.3) is 5.91 Å². The van der Waals surface area contributed by atoms with E-state index < -0.39 is 5.82 Å². The molecule has 0 N–H and O–H groups in total. The van der Waals surface area contributed by atoms with Gasteiger partial charge in [0, 0.05) is 29.6 Å². The number of carbonyl (C=O) groups is 2. The third-order valence-corrected chi connectivity index (χ3v) is 6.81.